The molecule has 0 aliphatic carbocycles. The third-order valence-corrected chi connectivity index (χ3v) is 6.09. The van der Waals surface area contributed by atoms with E-state index in [1.54, 1.807) is 6.92 Å². The molecular weight excluding hydrogens is 374 g/mol. The molecule has 0 aliphatic rings. The summed E-state index contributed by atoms with van der Waals surface area (Å²) in [6, 6.07) is 10.1. The molecule has 4 aromatic rings. The molecule has 7 heteroatoms. The number of para-hydroxylation sites is 1. The highest BCUT2D eigenvalue weighted by atomic mass is 32.1. The van der Waals surface area contributed by atoms with Gasteiger partial charge in [-0.05, 0) is 43.9 Å². The molecule has 0 saturated heterocycles. The first-order chi connectivity index (χ1) is 13.4. The maximum absolute atomic E-state index is 12.4. The van der Waals surface area contributed by atoms with Gasteiger partial charge in [0.15, 0.2) is 11.9 Å². The number of ether oxygens (including phenoxy) is 1. The Morgan fingerprint density at radius 3 is 2.89 bits per heavy atom. The Labute approximate surface area is 165 Å². The van der Waals surface area contributed by atoms with Crippen molar-refractivity contribution >= 4 is 38.4 Å². The Kier molecular flexibility index (Phi) is 4.77. The molecule has 3 heterocycles. The van der Waals surface area contributed by atoms with Crippen LogP contribution < -0.4 is 5.56 Å². The summed E-state index contributed by atoms with van der Waals surface area (Å²) >= 11 is 1.48. The largest absolute Gasteiger partial charge is 0.454 e. The highest BCUT2D eigenvalue weighted by molar-refractivity contribution is 7.18. The maximum atomic E-state index is 12.4. The number of aromatic amines is 1. The van der Waals surface area contributed by atoms with E-state index in [0.29, 0.717) is 22.6 Å². The summed E-state index contributed by atoms with van der Waals surface area (Å²) < 4.78 is 7.54. The minimum atomic E-state index is -0.617. The van der Waals surface area contributed by atoms with Crippen LogP contribution in [0.5, 0.6) is 0 Å². The molecule has 0 aliphatic heterocycles. The summed E-state index contributed by atoms with van der Waals surface area (Å²) in [6.07, 6.45) is 1.59. The Hall–Kier alpha value is -2.93. The average molecular weight is 395 g/mol. The second-order valence-electron chi connectivity index (χ2n) is 6.86. The van der Waals surface area contributed by atoms with Crippen LogP contribution in [0.1, 0.15) is 35.7 Å². The van der Waals surface area contributed by atoms with Gasteiger partial charge in [-0.1, -0.05) is 18.2 Å². The minimum Gasteiger partial charge on any atom is -0.454 e. The zero-order chi connectivity index (χ0) is 19.8. The fourth-order valence-electron chi connectivity index (χ4n) is 3.32. The van der Waals surface area contributed by atoms with Crippen molar-refractivity contribution < 1.29 is 9.53 Å². The molecule has 0 amide bonds. The third-order valence-electron chi connectivity index (χ3n) is 4.99. The number of nitrogens with one attached hydrogen (secondary N) is 1. The van der Waals surface area contributed by atoms with Crippen LogP contribution in [0.4, 0.5) is 0 Å². The number of carbonyl (C=O) groups excluding carboxylic acids is 1. The predicted octanol–water partition coefficient (Wildman–Crippen LogP) is 4.25. The Morgan fingerprint density at radius 2 is 2.07 bits per heavy atom. The van der Waals surface area contributed by atoms with Gasteiger partial charge in [-0.25, -0.2) is 4.98 Å². The Balaban J connectivity index is 1.46. The van der Waals surface area contributed by atoms with Crippen LogP contribution in [0.3, 0.4) is 0 Å². The average Bonchev–Trinajstić information content (AvgIpc) is 3.21. The van der Waals surface area contributed by atoms with E-state index in [0.717, 1.165) is 21.3 Å². The van der Waals surface area contributed by atoms with Gasteiger partial charge in [-0.3, -0.25) is 9.59 Å². The van der Waals surface area contributed by atoms with Gasteiger partial charge in [0.2, 0.25) is 0 Å². The number of nitrogens with zero attached hydrogens (tertiary/aromatic N) is 2. The van der Waals surface area contributed by atoms with Gasteiger partial charge in [-0.2, -0.15) is 0 Å². The van der Waals surface area contributed by atoms with E-state index >= 15 is 0 Å². The van der Waals surface area contributed by atoms with Crippen LogP contribution >= 0.6 is 11.3 Å². The number of aryl methyl sites for hydroxylation is 3. The molecule has 3 aromatic heterocycles. The van der Waals surface area contributed by atoms with Crippen molar-refractivity contribution in [3.8, 4) is 0 Å². The second-order valence-corrected chi connectivity index (χ2v) is 8.07. The van der Waals surface area contributed by atoms with E-state index in [-0.39, 0.29) is 17.9 Å². The maximum Gasteiger partial charge on any atom is 0.308 e. The van der Waals surface area contributed by atoms with Gasteiger partial charge >= 0.3 is 5.97 Å². The fourth-order valence-corrected chi connectivity index (χ4v) is 4.36. The smallest absolute Gasteiger partial charge is 0.308 e. The summed E-state index contributed by atoms with van der Waals surface area (Å²) in [5.74, 6) is 0.0464. The van der Waals surface area contributed by atoms with Gasteiger partial charge in [0.25, 0.3) is 5.56 Å². The first-order valence-corrected chi connectivity index (χ1v) is 9.99. The summed E-state index contributed by atoms with van der Waals surface area (Å²) in [7, 11) is 0. The molecule has 0 bridgehead atoms. The molecule has 6 nitrogen and oxygen atoms in total. The number of H-pyrrole nitrogens is 1. The Morgan fingerprint density at radius 1 is 1.29 bits per heavy atom. The van der Waals surface area contributed by atoms with Crippen molar-refractivity contribution in [2.45, 2.75) is 39.8 Å². The second kappa shape index (κ2) is 7.24. The molecule has 1 atom stereocenters. The topological polar surface area (TPSA) is 77.0 Å². The molecule has 1 N–H and O–H groups in total. The molecule has 4 rings (SSSR count). The monoisotopic (exact) mass is 395 g/mol. The van der Waals surface area contributed by atoms with Gasteiger partial charge < -0.3 is 14.3 Å². The van der Waals surface area contributed by atoms with Crippen LogP contribution in [-0.2, 0) is 16.1 Å². The number of hydrogen-bond acceptors (Lipinski definition) is 5. The predicted molar refractivity (Wildman–Crippen MR) is 111 cm³/mol. The molecule has 0 fully saturated rings. The quantitative estimate of drug-likeness (QED) is 0.513. The van der Waals surface area contributed by atoms with Gasteiger partial charge in [0, 0.05) is 23.1 Å². The van der Waals surface area contributed by atoms with E-state index in [1.165, 1.54) is 11.3 Å². The van der Waals surface area contributed by atoms with E-state index in [9.17, 15) is 9.59 Å². The van der Waals surface area contributed by atoms with Crippen molar-refractivity contribution in [1.82, 2.24) is 14.5 Å². The van der Waals surface area contributed by atoms with Gasteiger partial charge in [0.05, 0.1) is 11.8 Å². The highest BCUT2D eigenvalue weighted by Gasteiger charge is 2.18. The molecule has 0 unspecified atom stereocenters. The van der Waals surface area contributed by atoms with Crippen molar-refractivity contribution in [2.24, 2.45) is 0 Å². The first kappa shape index (κ1) is 18.4. The SMILES string of the molecule is Cc1sc2nc([C@@H](C)OC(=O)CCn3ccc4ccccc43)[nH]c(=O)c2c1C. The standard InChI is InChI=1S/C21H21N3O3S/c1-12-14(3)28-21-18(12)20(26)22-19(23-21)13(2)27-17(25)9-11-24-10-8-15-6-4-5-7-16(15)24/h4-8,10,13H,9,11H2,1-3H3,(H,22,23,26)/t13-/m1/s1. The zero-order valence-electron chi connectivity index (χ0n) is 16.0. The normalized spacial score (nSPS) is 12.5. The number of esters is 1. The van der Waals surface area contributed by atoms with Crippen molar-refractivity contribution in [1.29, 1.82) is 0 Å². The Bertz CT molecular complexity index is 1230. The van der Waals surface area contributed by atoms with Crippen molar-refractivity contribution in [3.05, 3.63) is 63.1 Å². The third kappa shape index (κ3) is 3.33. The van der Waals surface area contributed by atoms with Crippen molar-refractivity contribution in [3.63, 3.8) is 0 Å². The molecule has 0 saturated carbocycles. The molecule has 28 heavy (non-hydrogen) atoms. The van der Waals surface area contributed by atoms with Gasteiger partial charge in [0.1, 0.15) is 4.83 Å². The molecule has 0 spiro atoms. The molecule has 1 aromatic carbocycles. The van der Waals surface area contributed by atoms with E-state index in [2.05, 4.69) is 9.97 Å². The number of benzene rings is 1. The van der Waals surface area contributed by atoms with E-state index in [4.69, 9.17) is 4.74 Å². The number of rotatable bonds is 5. The fraction of sp³-hybridized carbons (Fsp3) is 0.286. The molecular formula is C21H21N3O3S. The summed E-state index contributed by atoms with van der Waals surface area (Å²) in [4.78, 5) is 33.7. The lowest BCUT2D eigenvalue weighted by atomic mass is 10.2. The van der Waals surface area contributed by atoms with Crippen LogP contribution in [0.25, 0.3) is 21.1 Å². The molecule has 0 radical (unpaired) electrons. The molecule has 144 valence electrons. The van der Waals surface area contributed by atoms with Crippen LogP contribution in [0.2, 0.25) is 0 Å². The number of hydrogen-bond donors (Lipinski definition) is 1. The number of aromatic nitrogens is 3. The number of carbonyl (C=O) groups is 1. The number of fused-ring (bicyclic) bond motifs is 2. The minimum absolute atomic E-state index is 0.191. The summed E-state index contributed by atoms with van der Waals surface area (Å²) in [6.45, 7) is 6.14. The lowest BCUT2D eigenvalue weighted by Gasteiger charge is -2.13. The van der Waals surface area contributed by atoms with Crippen LogP contribution in [0, 0.1) is 13.8 Å². The lowest BCUT2D eigenvalue weighted by molar-refractivity contribution is -0.149. The van der Waals surface area contributed by atoms with Crippen LogP contribution in [0.15, 0.2) is 41.3 Å². The highest BCUT2D eigenvalue weighted by Crippen LogP contribution is 2.27. The first-order valence-electron chi connectivity index (χ1n) is 9.17. The van der Waals surface area contributed by atoms with Crippen LogP contribution in [-0.4, -0.2) is 20.5 Å². The van der Waals surface area contributed by atoms with E-state index in [1.807, 2.05) is 54.9 Å². The van der Waals surface area contributed by atoms with Crippen molar-refractivity contribution in [2.75, 3.05) is 0 Å². The lowest BCUT2D eigenvalue weighted by Crippen LogP contribution is -2.17. The van der Waals surface area contributed by atoms with Gasteiger partial charge in [-0.15, -0.1) is 11.3 Å². The summed E-state index contributed by atoms with van der Waals surface area (Å²) in [5, 5.41) is 1.75. The van der Waals surface area contributed by atoms with E-state index < -0.39 is 6.10 Å². The number of thiophene rings is 1. The zero-order valence-corrected chi connectivity index (χ0v) is 16.8. The summed E-state index contributed by atoms with van der Waals surface area (Å²) in [5.41, 5.74) is 1.84.